The van der Waals surface area contributed by atoms with Gasteiger partial charge in [-0.1, -0.05) is 32.6 Å². The average Bonchev–Trinajstić information content (AvgIpc) is 2.69. The maximum atomic E-state index is 4.60. The van der Waals surface area contributed by atoms with Gasteiger partial charge in [0.05, 0.1) is 5.69 Å². The van der Waals surface area contributed by atoms with E-state index in [9.17, 15) is 0 Å². The van der Waals surface area contributed by atoms with E-state index >= 15 is 0 Å². The Hall–Kier alpha value is -0.830. The molecule has 1 fully saturated rings. The number of aromatic nitrogens is 2. The van der Waals surface area contributed by atoms with Crippen LogP contribution in [-0.2, 0) is 13.5 Å². The number of hydrogen-bond acceptors (Lipinski definition) is 2. The van der Waals surface area contributed by atoms with Crippen LogP contribution in [0.2, 0.25) is 0 Å². The zero-order valence-corrected chi connectivity index (χ0v) is 14.4. The van der Waals surface area contributed by atoms with Gasteiger partial charge in [0.25, 0.3) is 0 Å². The third-order valence-electron chi connectivity index (χ3n) is 5.21. The molecule has 1 heterocycles. The molecule has 0 bridgehead atoms. The summed E-state index contributed by atoms with van der Waals surface area (Å²) >= 11 is 0. The third kappa shape index (κ3) is 4.32. The lowest BCUT2D eigenvalue weighted by atomic mass is 9.87. The van der Waals surface area contributed by atoms with Crippen LogP contribution in [0.3, 0.4) is 0 Å². The molecule has 0 aromatic carbocycles. The molecule has 0 saturated heterocycles. The molecule has 120 valence electrons. The summed E-state index contributed by atoms with van der Waals surface area (Å²) in [6, 6.07) is 0.629. The van der Waals surface area contributed by atoms with Crippen LogP contribution < -0.4 is 5.32 Å². The maximum Gasteiger partial charge on any atom is 0.0628 e. The largest absolute Gasteiger partial charge is 0.313 e. The summed E-state index contributed by atoms with van der Waals surface area (Å²) in [6.45, 7) is 7.77. The molecule has 1 N–H and O–H groups in total. The summed E-state index contributed by atoms with van der Waals surface area (Å²) < 4.78 is 2.04. The van der Waals surface area contributed by atoms with Crippen molar-refractivity contribution in [2.45, 2.75) is 78.2 Å². The van der Waals surface area contributed by atoms with E-state index in [0.717, 1.165) is 18.9 Å². The molecule has 1 aromatic rings. The Morgan fingerprint density at radius 2 is 1.86 bits per heavy atom. The van der Waals surface area contributed by atoms with Gasteiger partial charge < -0.3 is 5.32 Å². The third-order valence-corrected chi connectivity index (χ3v) is 5.21. The minimum atomic E-state index is 0.629. The molecule has 3 nitrogen and oxygen atoms in total. The molecule has 3 heteroatoms. The summed E-state index contributed by atoms with van der Waals surface area (Å²) in [5, 5.41) is 8.44. The van der Waals surface area contributed by atoms with Gasteiger partial charge in [0, 0.05) is 18.8 Å². The Morgan fingerprint density at radius 1 is 1.19 bits per heavy atom. The molecular formula is C18H33N3. The summed E-state index contributed by atoms with van der Waals surface area (Å²) in [4.78, 5) is 0. The number of rotatable bonds is 6. The van der Waals surface area contributed by atoms with Gasteiger partial charge in [-0.05, 0) is 57.6 Å². The summed E-state index contributed by atoms with van der Waals surface area (Å²) in [6.07, 6.45) is 10.9. The molecule has 1 unspecified atom stereocenters. The first-order valence-electron chi connectivity index (χ1n) is 8.86. The predicted molar refractivity (Wildman–Crippen MR) is 89.7 cm³/mol. The number of aryl methyl sites for hydroxylation is 2. The van der Waals surface area contributed by atoms with Crippen molar-refractivity contribution in [3.05, 3.63) is 17.0 Å². The molecule has 21 heavy (non-hydrogen) atoms. The molecule has 2 rings (SSSR count). The quantitative estimate of drug-likeness (QED) is 0.805. The monoisotopic (exact) mass is 291 g/mol. The SMILES string of the molecule is CCCNC(Cc1c(C)nn(C)c1C)C1CCCCCC1. The van der Waals surface area contributed by atoms with Crippen LogP contribution in [-0.4, -0.2) is 22.4 Å². The maximum absolute atomic E-state index is 4.60. The van der Waals surface area contributed by atoms with Gasteiger partial charge >= 0.3 is 0 Å². The highest BCUT2D eigenvalue weighted by Gasteiger charge is 2.24. The van der Waals surface area contributed by atoms with Crippen LogP contribution in [0.5, 0.6) is 0 Å². The van der Waals surface area contributed by atoms with E-state index in [1.54, 1.807) is 0 Å². The Bertz CT molecular complexity index is 428. The zero-order chi connectivity index (χ0) is 15.2. The van der Waals surface area contributed by atoms with E-state index in [1.165, 1.54) is 61.9 Å². The molecule has 0 aliphatic heterocycles. The Morgan fingerprint density at radius 3 is 2.38 bits per heavy atom. The van der Waals surface area contributed by atoms with Crippen molar-refractivity contribution in [2.24, 2.45) is 13.0 Å². The molecule has 0 spiro atoms. The van der Waals surface area contributed by atoms with Gasteiger partial charge in [-0.25, -0.2) is 0 Å². The fourth-order valence-electron chi connectivity index (χ4n) is 3.78. The number of nitrogens with zero attached hydrogens (tertiary/aromatic N) is 2. The van der Waals surface area contributed by atoms with Gasteiger partial charge in [0.2, 0.25) is 0 Å². The van der Waals surface area contributed by atoms with Crippen molar-refractivity contribution >= 4 is 0 Å². The van der Waals surface area contributed by atoms with Crippen LogP contribution >= 0.6 is 0 Å². The van der Waals surface area contributed by atoms with Gasteiger partial charge in [0.1, 0.15) is 0 Å². The first-order valence-corrected chi connectivity index (χ1v) is 8.86. The van der Waals surface area contributed by atoms with E-state index in [4.69, 9.17) is 0 Å². The van der Waals surface area contributed by atoms with Crippen LogP contribution in [0.1, 0.15) is 68.8 Å². The Labute approximate surface area is 130 Å². The van der Waals surface area contributed by atoms with E-state index in [1.807, 2.05) is 4.68 Å². The molecule has 1 aliphatic carbocycles. The average molecular weight is 291 g/mol. The highest BCUT2D eigenvalue weighted by molar-refractivity contribution is 5.25. The summed E-state index contributed by atoms with van der Waals surface area (Å²) in [5.74, 6) is 0.845. The number of hydrogen-bond donors (Lipinski definition) is 1. The van der Waals surface area contributed by atoms with Crippen LogP contribution in [0.25, 0.3) is 0 Å². The first-order chi connectivity index (χ1) is 10.1. The lowest BCUT2D eigenvalue weighted by Gasteiger charge is -2.27. The second-order valence-corrected chi connectivity index (χ2v) is 6.79. The van der Waals surface area contributed by atoms with Gasteiger partial charge in [-0.3, -0.25) is 4.68 Å². The normalized spacial score (nSPS) is 18.7. The molecule has 1 aromatic heterocycles. The lowest BCUT2D eigenvalue weighted by molar-refractivity contribution is 0.317. The van der Waals surface area contributed by atoms with E-state index in [-0.39, 0.29) is 0 Å². The van der Waals surface area contributed by atoms with Crippen LogP contribution in [0.15, 0.2) is 0 Å². The Kier molecular flexibility index (Phi) is 6.28. The van der Waals surface area contributed by atoms with Crippen molar-refractivity contribution in [2.75, 3.05) is 6.54 Å². The van der Waals surface area contributed by atoms with Crippen molar-refractivity contribution < 1.29 is 0 Å². The van der Waals surface area contributed by atoms with Crippen molar-refractivity contribution in [1.29, 1.82) is 0 Å². The molecule has 1 atom stereocenters. The fraction of sp³-hybridized carbons (Fsp3) is 0.833. The standard InChI is InChI=1S/C18H33N3/c1-5-12-19-18(16-10-8-6-7-9-11-16)13-17-14(2)20-21(4)15(17)3/h16,18-19H,5-13H2,1-4H3. The highest BCUT2D eigenvalue weighted by atomic mass is 15.3. The molecule has 0 amide bonds. The molecular weight excluding hydrogens is 258 g/mol. The summed E-state index contributed by atoms with van der Waals surface area (Å²) in [7, 11) is 2.06. The van der Waals surface area contributed by atoms with Crippen molar-refractivity contribution in [1.82, 2.24) is 15.1 Å². The minimum Gasteiger partial charge on any atom is -0.313 e. The van der Waals surface area contributed by atoms with E-state index in [2.05, 4.69) is 38.2 Å². The molecule has 1 saturated carbocycles. The van der Waals surface area contributed by atoms with Gasteiger partial charge in [-0.15, -0.1) is 0 Å². The van der Waals surface area contributed by atoms with Gasteiger partial charge in [0.15, 0.2) is 0 Å². The predicted octanol–water partition coefficient (Wildman–Crippen LogP) is 3.92. The van der Waals surface area contributed by atoms with Gasteiger partial charge in [-0.2, -0.15) is 5.10 Å². The smallest absolute Gasteiger partial charge is 0.0628 e. The molecule has 0 radical (unpaired) electrons. The first kappa shape index (κ1) is 16.5. The number of nitrogens with one attached hydrogen (secondary N) is 1. The van der Waals surface area contributed by atoms with E-state index < -0.39 is 0 Å². The summed E-state index contributed by atoms with van der Waals surface area (Å²) in [5.41, 5.74) is 4.02. The molecule has 1 aliphatic rings. The minimum absolute atomic E-state index is 0.629. The fourth-order valence-corrected chi connectivity index (χ4v) is 3.78. The van der Waals surface area contributed by atoms with Crippen molar-refractivity contribution in [3.63, 3.8) is 0 Å². The second-order valence-electron chi connectivity index (χ2n) is 6.79. The van der Waals surface area contributed by atoms with Crippen molar-refractivity contribution in [3.8, 4) is 0 Å². The Balaban J connectivity index is 2.11. The van der Waals surface area contributed by atoms with E-state index in [0.29, 0.717) is 6.04 Å². The van der Waals surface area contributed by atoms with Crippen LogP contribution in [0, 0.1) is 19.8 Å². The lowest BCUT2D eigenvalue weighted by Crippen LogP contribution is -2.38. The topological polar surface area (TPSA) is 29.9 Å². The zero-order valence-electron chi connectivity index (χ0n) is 14.4. The van der Waals surface area contributed by atoms with Crippen LogP contribution in [0.4, 0.5) is 0 Å². The highest BCUT2D eigenvalue weighted by Crippen LogP contribution is 2.28. The second kappa shape index (κ2) is 7.98.